The molecule has 0 spiro atoms. The minimum Gasteiger partial charge on any atom is -0.327 e. The van der Waals surface area contributed by atoms with Crippen molar-refractivity contribution >= 4 is 9.84 Å². The summed E-state index contributed by atoms with van der Waals surface area (Å²) in [5, 5.41) is 0. The summed E-state index contributed by atoms with van der Waals surface area (Å²) in [4.78, 5) is 0.403. The monoisotopic (exact) mass is 227 g/mol. The van der Waals surface area contributed by atoms with Crippen LogP contribution in [0.5, 0.6) is 0 Å². The van der Waals surface area contributed by atoms with Gasteiger partial charge in [0, 0.05) is 6.04 Å². The molecule has 0 bridgehead atoms. The molecule has 0 radical (unpaired) electrons. The zero-order valence-corrected chi connectivity index (χ0v) is 10.1. The molecule has 0 heterocycles. The number of benzene rings is 1. The third-order valence-corrected chi connectivity index (χ3v) is 4.24. The third kappa shape index (κ3) is 3.04. The minimum atomic E-state index is -3.24. The Labute approximate surface area is 91.2 Å². The molecule has 1 aromatic rings. The first-order valence-corrected chi connectivity index (χ1v) is 6.54. The van der Waals surface area contributed by atoms with E-state index < -0.39 is 9.84 Å². The number of rotatable bonds is 3. The maximum absolute atomic E-state index is 11.9. The Bertz CT molecular complexity index is 450. The van der Waals surface area contributed by atoms with Crippen molar-refractivity contribution in [1.82, 2.24) is 0 Å². The van der Waals surface area contributed by atoms with E-state index in [0.29, 0.717) is 4.90 Å². The zero-order chi connectivity index (χ0) is 11.6. The Kier molecular flexibility index (Phi) is 3.52. The Morgan fingerprint density at radius 1 is 1.33 bits per heavy atom. The van der Waals surface area contributed by atoms with E-state index >= 15 is 0 Å². The summed E-state index contributed by atoms with van der Waals surface area (Å²) in [6, 6.07) is 5.09. The summed E-state index contributed by atoms with van der Waals surface area (Å²) in [5.74, 6) is -0.00269. The van der Waals surface area contributed by atoms with Crippen LogP contribution < -0.4 is 5.73 Å². The average Bonchev–Trinajstić information content (AvgIpc) is 2.06. The van der Waals surface area contributed by atoms with E-state index in [1.807, 2.05) is 19.1 Å². The molecular weight excluding hydrogens is 210 g/mol. The van der Waals surface area contributed by atoms with E-state index in [4.69, 9.17) is 5.73 Å². The molecule has 0 aliphatic heterocycles. The maximum atomic E-state index is 11.9. The van der Waals surface area contributed by atoms with Gasteiger partial charge in [-0.15, -0.1) is 0 Å². The number of hydrogen-bond donors (Lipinski definition) is 1. The highest BCUT2D eigenvalue weighted by Crippen LogP contribution is 2.18. The molecule has 0 saturated heterocycles. The quantitative estimate of drug-likeness (QED) is 0.849. The molecule has 1 aromatic carbocycles. The molecule has 0 aliphatic carbocycles. The summed E-state index contributed by atoms with van der Waals surface area (Å²) < 4.78 is 23.9. The molecular formula is C11H17NO2S. The van der Waals surface area contributed by atoms with Gasteiger partial charge in [0.05, 0.1) is 10.6 Å². The summed E-state index contributed by atoms with van der Waals surface area (Å²) in [5.41, 5.74) is 7.25. The summed E-state index contributed by atoms with van der Waals surface area (Å²) in [7, 11) is -3.24. The lowest BCUT2D eigenvalue weighted by Crippen LogP contribution is -2.26. The van der Waals surface area contributed by atoms with Crippen LogP contribution in [-0.2, 0) is 9.84 Å². The second kappa shape index (κ2) is 4.33. The summed E-state index contributed by atoms with van der Waals surface area (Å²) in [6.07, 6.45) is 0. The lowest BCUT2D eigenvalue weighted by molar-refractivity contribution is 0.589. The Balaban J connectivity index is 3.21. The van der Waals surface area contributed by atoms with Crippen LogP contribution in [0.3, 0.4) is 0 Å². The molecule has 0 saturated carbocycles. The third-order valence-electron chi connectivity index (χ3n) is 2.16. The van der Waals surface area contributed by atoms with Crippen molar-refractivity contribution in [3.8, 4) is 0 Å². The fraction of sp³-hybridized carbons (Fsp3) is 0.455. The lowest BCUT2D eigenvalue weighted by atomic mass is 10.2. The predicted octanol–water partition coefficient (Wildman–Crippen LogP) is 1.42. The summed E-state index contributed by atoms with van der Waals surface area (Å²) in [6.45, 7) is 5.38. The number of nitrogens with two attached hydrogens (primary N) is 1. The van der Waals surface area contributed by atoms with Crippen LogP contribution in [0.4, 0.5) is 0 Å². The lowest BCUT2D eigenvalue weighted by Gasteiger charge is -2.10. The van der Waals surface area contributed by atoms with E-state index in [0.717, 1.165) is 11.1 Å². The molecule has 0 amide bonds. The van der Waals surface area contributed by atoms with Crippen molar-refractivity contribution in [2.75, 3.05) is 5.75 Å². The van der Waals surface area contributed by atoms with E-state index in [-0.39, 0.29) is 11.8 Å². The van der Waals surface area contributed by atoms with Crippen LogP contribution in [0.1, 0.15) is 18.1 Å². The van der Waals surface area contributed by atoms with Crippen LogP contribution in [0, 0.1) is 13.8 Å². The topological polar surface area (TPSA) is 60.2 Å². The highest BCUT2D eigenvalue weighted by molar-refractivity contribution is 7.91. The van der Waals surface area contributed by atoms with Gasteiger partial charge in [0.1, 0.15) is 0 Å². The minimum absolute atomic E-state index is 0.00269. The smallest absolute Gasteiger partial charge is 0.180 e. The normalized spacial score (nSPS) is 13.9. The second-order valence-electron chi connectivity index (χ2n) is 4.03. The number of sulfone groups is 1. The summed E-state index contributed by atoms with van der Waals surface area (Å²) >= 11 is 0. The molecule has 1 unspecified atom stereocenters. The van der Waals surface area contributed by atoms with Gasteiger partial charge in [-0.05, 0) is 38.0 Å². The standard InChI is InChI=1S/C11H17NO2S/c1-8-4-5-9(2)11(6-8)15(13,14)7-10(3)12/h4-6,10H,7,12H2,1-3H3. The van der Waals surface area contributed by atoms with Gasteiger partial charge in [0.25, 0.3) is 0 Å². The van der Waals surface area contributed by atoms with Crippen LogP contribution >= 0.6 is 0 Å². The fourth-order valence-electron chi connectivity index (χ4n) is 1.48. The SMILES string of the molecule is Cc1ccc(C)c(S(=O)(=O)CC(C)N)c1. The van der Waals surface area contributed by atoms with Gasteiger partial charge in [-0.25, -0.2) is 8.42 Å². The van der Waals surface area contributed by atoms with E-state index in [2.05, 4.69) is 0 Å². The Morgan fingerprint density at radius 3 is 2.47 bits per heavy atom. The maximum Gasteiger partial charge on any atom is 0.180 e. The van der Waals surface area contributed by atoms with Crippen LogP contribution in [0.2, 0.25) is 0 Å². The highest BCUT2D eigenvalue weighted by atomic mass is 32.2. The van der Waals surface area contributed by atoms with Crippen LogP contribution in [-0.4, -0.2) is 20.2 Å². The van der Waals surface area contributed by atoms with Gasteiger partial charge in [0.2, 0.25) is 0 Å². The largest absolute Gasteiger partial charge is 0.327 e. The van der Waals surface area contributed by atoms with Gasteiger partial charge in [-0.2, -0.15) is 0 Å². The first kappa shape index (κ1) is 12.2. The van der Waals surface area contributed by atoms with Crippen molar-refractivity contribution in [2.45, 2.75) is 31.7 Å². The molecule has 4 heteroatoms. The Hall–Kier alpha value is -0.870. The van der Waals surface area contributed by atoms with Crippen molar-refractivity contribution in [3.05, 3.63) is 29.3 Å². The number of hydrogen-bond acceptors (Lipinski definition) is 3. The van der Waals surface area contributed by atoms with Gasteiger partial charge in [-0.1, -0.05) is 12.1 Å². The molecule has 84 valence electrons. The average molecular weight is 227 g/mol. The second-order valence-corrected chi connectivity index (χ2v) is 6.03. The Morgan fingerprint density at radius 2 is 1.93 bits per heavy atom. The molecule has 15 heavy (non-hydrogen) atoms. The molecule has 1 rings (SSSR count). The van der Waals surface area contributed by atoms with Crippen molar-refractivity contribution in [2.24, 2.45) is 5.73 Å². The van der Waals surface area contributed by atoms with Crippen molar-refractivity contribution in [3.63, 3.8) is 0 Å². The number of aryl methyl sites for hydroxylation is 2. The van der Waals surface area contributed by atoms with Crippen LogP contribution in [0.25, 0.3) is 0 Å². The highest BCUT2D eigenvalue weighted by Gasteiger charge is 2.18. The van der Waals surface area contributed by atoms with Gasteiger partial charge in [0.15, 0.2) is 9.84 Å². The van der Waals surface area contributed by atoms with Gasteiger partial charge >= 0.3 is 0 Å². The van der Waals surface area contributed by atoms with Crippen LogP contribution in [0.15, 0.2) is 23.1 Å². The first-order chi connectivity index (χ1) is 6.83. The fourth-order valence-corrected chi connectivity index (χ4v) is 3.27. The van der Waals surface area contributed by atoms with E-state index in [1.54, 1.807) is 19.9 Å². The molecule has 2 N–H and O–H groups in total. The van der Waals surface area contributed by atoms with E-state index in [1.165, 1.54) is 0 Å². The zero-order valence-electron chi connectivity index (χ0n) is 9.32. The molecule has 0 aromatic heterocycles. The molecule has 1 atom stereocenters. The molecule has 0 fully saturated rings. The molecule has 0 aliphatic rings. The van der Waals surface area contributed by atoms with E-state index in [9.17, 15) is 8.42 Å². The first-order valence-electron chi connectivity index (χ1n) is 4.88. The van der Waals surface area contributed by atoms with Gasteiger partial charge < -0.3 is 5.73 Å². The predicted molar refractivity (Wildman–Crippen MR) is 61.6 cm³/mol. The molecule has 3 nitrogen and oxygen atoms in total. The van der Waals surface area contributed by atoms with Gasteiger partial charge in [-0.3, -0.25) is 0 Å². The van der Waals surface area contributed by atoms with Crippen molar-refractivity contribution in [1.29, 1.82) is 0 Å². The van der Waals surface area contributed by atoms with Crippen molar-refractivity contribution < 1.29 is 8.42 Å².